The Hall–Kier alpha value is -0.700. The highest BCUT2D eigenvalue weighted by molar-refractivity contribution is 9.10. The Kier molecular flexibility index (Phi) is 1.99. The van der Waals surface area contributed by atoms with Crippen LogP contribution in [-0.2, 0) is 10.2 Å². The molecule has 3 heteroatoms. The molecule has 1 aliphatic rings. The van der Waals surface area contributed by atoms with Gasteiger partial charge in [-0.15, -0.1) is 0 Å². The van der Waals surface area contributed by atoms with Crippen LogP contribution in [0.4, 0.5) is 4.39 Å². The summed E-state index contributed by atoms with van der Waals surface area (Å²) < 4.78 is 14.1. The molecule has 0 radical (unpaired) electrons. The lowest BCUT2D eigenvalue weighted by atomic mass is 9.97. The van der Waals surface area contributed by atoms with E-state index >= 15 is 0 Å². The van der Waals surface area contributed by atoms with Crippen LogP contribution in [0.2, 0.25) is 0 Å². The third kappa shape index (κ3) is 1.41. The van der Waals surface area contributed by atoms with Crippen molar-refractivity contribution in [3.63, 3.8) is 0 Å². The van der Waals surface area contributed by atoms with E-state index < -0.39 is 5.41 Å². The number of carbonyl (C=O) groups excluding carboxylic acids is 1. The molecule has 0 heterocycles. The summed E-state index contributed by atoms with van der Waals surface area (Å²) in [5, 5.41) is 0. The van der Waals surface area contributed by atoms with Crippen molar-refractivity contribution in [2.24, 2.45) is 0 Å². The van der Waals surface area contributed by atoms with Crippen LogP contribution < -0.4 is 0 Å². The van der Waals surface area contributed by atoms with Crippen LogP contribution in [0.15, 0.2) is 22.7 Å². The Morgan fingerprint density at radius 1 is 1.46 bits per heavy atom. The number of aldehydes is 1. The van der Waals surface area contributed by atoms with Gasteiger partial charge in [-0.3, -0.25) is 0 Å². The zero-order chi connectivity index (χ0) is 9.47. The van der Waals surface area contributed by atoms with E-state index in [1.165, 1.54) is 6.07 Å². The first-order valence-electron chi connectivity index (χ1n) is 4.10. The second-order valence-corrected chi connectivity index (χ2v) is 4.31. The van der Waals surface area contributed by atoms with Crippen molar-refractivity contribution in [2.75, 3.05) is 0 Å². The van der Waals surface area contributed by atoms with Crippen molar-refractivity contribution in [1.29, 1.82) is 0 Å². The van der Waals surface area contributed by atoms with Gasteiger partial charge in [0.05, 0.1) is 5.41 Å². The topological polar surface area (TPSA) is 17.1 Å². The number of rotatable bonds is 2. The molecule has 1 aromatic rings. The maximum absolute atomic E-state index is 13.3. The summed E-state index contributed by atoms with van der Waals surface area (Å²) in [6, 6.07) is 4.72. The Balaban J connectivity index is 2.50. The summed E-state index contributed by atoms with van der Waals surface area (Å²) >= 11 is 3.26. The van der Waals surface area contributed by atoms with E-state index in [1.54, 1.807) is 12.1 Å². The van der Waals surface area contributed by atoms with Gasteiger partial charge in [-0.1, -0.05) is 15.9 Å². The fourth-order valence-corrected chi connectivity index (χ4v) is 1.83. The predicted molar refractivity (Wildman–Crippen MR) is 51.1 cm³/mol. The molecule has 0 aliphatic heterocycles. The van der Waals surface area contributed by atoms with E-state index in [2.05, 4.69) is 15.9 Å². The Labute approximate surface area is 84.1 Å². The minimum atomic E-state index is -0.520. The van der Waals surface area contributed by atoms with Crippen LogP contribution >= 0.6 is 15.9 Å². The highest BCUT2D eigenvalue weighted by Crippen LogP contribution is 2.47. The number of carbonyl (C=O) groups is 1. The van der Waals surface area contributed by atoms with Gasteiger partial charge in [0.25, 0.3) is 0 Å². The first kappa shape index (κ1) is 8.88. The zero-order valence-corrected chi connectivity index (χ0v) is 8.47. The summed E-state index contributed by atoms with van der Waals surface area (Å²) in [7, 11) is 0. The van der Waals surface area contributed by atoms with Gasteiger partial charge in [0, 0.05) is 10.0 Å². The Bertz CT molecular complexity index is 358. The fraction of sp³-hybridized carbons (Fsp3) is 0.300. The summed E-state index contributed by atoms with van der Waals surface area (Å²) in [5.41, 5.74) is 0.00491. The summed E-state index contributed by atoms with van der Waals surface area (Å²) in [6.45, 7) is 0. The van der Waals surface area contributed by atoms with Crippen LogP contribution in [-0.4, -0.2) is 6.29 Å². The molecular formula is C10H8BrFO. The molecule has 0 atom stereocenters. The average Bonchev–Trinajstić information content (AvgIpc) is 2.90. The van der Waals surface area contributed by atoms with E-state index in [-0.39, 0.29) is 5.82 Å². The fourth-order valence-electron chi connectivity index (χ4n) is 1.46. The third-order valence-electron chi connectivity index (χ3n) is 2.48. The van der Waals surface area contributed by atoms with Crippen LogP contribution in [0.3, 0.4) is 0 Å². The molecule has 1 aromatic carbocycles. The lowest BCUT2D eigenvalue weighted by molar-refractivity contribution is -0.109. The van der Waals surface area contributed by atoms with E-state index in [0.29, 0.717) is 5.56 Å². The standard InChI is InChI=1S/C10H8BrFO/c11-7-1-2-9(12)8(5-7)10(6-13)3-4-10/h1-2,5-6H,3-4H2. The molecule has 1 fully saturated rings. The Morgan fingerprint density at radius 3 is 2.69 bits per heavy atom. The quantitative estimate of drug-likeness (QED) is 0.730. The van der Waals surface area contributed by atoms with Crippen molar-refractivity contribution in [3.8, 4) is 0 Å². The van der Waals surface area contributed by atoms with Gasteiger partial charge in [-0.2, -0.15) is 0 Å². The predicted octanol–water partition coefficient (Wildman–Crippen LogP) is 2.82. The van der Waals surface area contributed by atoms with Crippen molar-refractivity contribution >= 4 is 22.2 Å². The molecule has 68 valence electrons. The van der Waals surface area contributed by atoms with Gasteiger partial charge < -0.3 is 4.79 Å². The van der Waals surface area contributed by atoms with E-state index in [4.69, 9.17) is 0 Å². The molecule has 0 amide bonds. The third-order valence-corrected chi connectivity index (χ3v) is 2.97. The molecule has 2 rings (SSSR count). The van der Waals surface area contributed by atoms with Crippen molar-refractivity contribution in [3.05, 3.63) is 34.1 Å². The zero-order valence-electron chi connectivity index (χ0n) is 6.89. The van der Waals surface area contributed by atoms with Gasteiger partial charge in [0.1, 0.15) is 12.1 Å². The minimum absolute atomic E-state index is 0.284. The molecule has 0 unspecified atom stereocenters. The molecule has 0 saturated heterocycles. The van der Waals surface area contributed by atoms with E-state index in [0.717, 1.165) is 23.6 Å². The number of hydrogen-bond acceptors (Lipinski definition) is 1. The lowest BCUT2D eigenvalue weighted by Crippen LogP contribution is -2.10. The van der Waals surface area contributed by atoms with Gasteiger partial charge in [-0.25, -0.2) is 4.39 Å². The van der Waals surface area contributed by atoms with Crippen molar-refractivity contribution in [2.45, 2.75) is 18.3 Å². The van der Waals surface area contributed by atoms with Gasteiger partial charge in [0.2, 0.25) is 0 Å². The highest BCUT2D eigenvalue weighted by atomic mass is 79.9. The number of benzene rings is 1. The molecule has 0 N–H and O–H groups in total. The summed E-state index contributed by atoms with van der Waals surface area (Å²) in [4.78, 5) is 10.8. The monoisotopic (exact) mass is 242 g/mol. The van der Waals surface area contributed by atoms with E-state index in [9.17, 15) is 9.18 Å². The molecule has 1 saturated carbocycles. The van der Waals surface area contributed by atoms with Crippen LogP contribution in [0, 0.1) is 5.82 Å². The second kappa shape index (κ2) is 2.91. The van der Waals surface area contributed by atoms with E-state index in [1.807, 2.05) is 0 Å². The molecule has 0 aromatic heterocycles. The van der Waals surface area contributed by atoms with Gasteiger partial charge in [-0.05, 0) is 31.0 Å². The Morgan fingerprint density at radius 2 is 2.15 bits per heavy atom. The molecule has 13 heavy (non-hydrogen) atoms. The maximum atomic E-state index is 13.3. The highest BCUT2D eigenvalue weighted by Gasteiger charge is 2.46. The summed E-state index contributed by atoms with van der Waals surface area (Å²) in [5.74, 6) is -0.284. The number of halogens is 2. The molecular weight excluding hydrogens is 235 g/mol. The average molecular weight is 243 g/mol. The number of hydrogen-bond donors (Lipinski definition) is 0. The molecule has 0 bridgehead atoms. The smallest absolute Gasteiger partial charge is 0.130 e. The van der Waals surface area contributed by atoms with Crippen LogP contribution in [0.5, 0.6) is 0 Å². The van der Waals surface area contributed by atoms with Crippen molar-refractivity contribution in [1.82, 2.24) is 0 Å². The normalized spacial score (nSPS) is 18.3. The lowest BCUT2D eigenvalue weighted by Gasteiger charge is -2.08. The minimum Gasteiger partial charge on any atom is -0.302 e. The first-order chi connectivity index (χ1) is 6.18. The molecule has 0 spiro atoms. The second-order valence-electron chi connectivity index (χ2n) is 3.40. The molecule has 1 nitrogen and oxygen atoms in total. The maximum Gasteiger partial charge on any atom is 0.130 e. The largest absolute Gasteiger partial charge is 0.302 e. The van der Waals surface area contributed by atoms with Crippen LogP contribution in [0.25, 0.3) is 0 Å². The SMILES string of the molecule is O=CC1(c2cc(Br)ccc2F)CC1. The first-order valence-corrected chi connectivity index (χ1v) is 4.89. The van der Waals surface area contributed by atoms with Gasteiger partial charge >= 0.3 is 0 Å². The van der Waals surface area contributed by atoms with Crippen LogP contribution in [0.1, 0.15) is 18.4 Å². The molecule has 1 aliphatic carbocycles. The summed E-state index contributed by atoms with van der Waals surface area (Å²) in [6.07, 6.45) is 2.39. The van der Waals surface area contributed by atoms with Crippen molar-refractivity contribution < 1.29 is 9.18 Å². The van der Waals surface area contributed by atoms with Gasteiger partial charge in [0.15, 0.2) is 0 Å².